The van der Waals surface area contributed by atoms with Crippen molar-refractivity contribution in [3.05, 3.63) is 90.4 Å². The van der Waals surface area contributed by atoms with Crippen molar-refractivity contribution < 1.29 is 9.18 Å². The van der Waals surface area contributed by atoms with Crippen LogP contribution in [0, 0.1) is 0 Å². The number of anilines is 1. The molecule has 0 spiro atoms. The molecule has 0 radical (unpaired) electrons. The average Bonchev–Trinajstić information content (AvgIpc) is 2.78. The molecule has 3 aromatic heterocycles. The summed E-state index contributed by atoms with van der Waals surface area (Å²) in [5.74, 6) is -1.64. The van der Waals surface area contributed by atoms with Crippen LogP contribution < -0.4 is 10.6 Å². The van der Waals surface area contributed by atoms with E-state index in [1.165, 1.54) is 6.20 Å². The van der Waals surface area contributed by atoms with Crippen LogP contribution in [0.25, 0.3) is 11.3 Å². The number of aromatic nitrogens is 4. The Hall–Kier alpha value is -3.94. The summed E-state index contributed by atoms with van der Waals surface area (Å²) in [6.45, 7) is 1.69. The van der Waals surface area contributed by atoms with Crippen molar-refractivity contribution in [3.8, 4) is 11.3 Å². The molecule has 150 valence electrons. The molecule has 3 aromatic rings. The fraction of sp³-hybridized carbons (Fsp3) is 0.136. The minimum absolute atomic E-state index is 0.0877. The van der Waals surface area contributed by atoms with Crippen molar-refractivity contribution in [1.82, 2.24) is 25.3 Å². The summed E-state index contributed by atoms with van der Waals surface area (Å²) >= 11 is 0. The van der Waals surface area contributed by atoms with Crippen LogP contribution in [0.1, 0.15) is 18.9 Å². The Labute approximate surface area is 172 Å². The first-order chi connectivity index (χ1) is 14.5. The predicted octanol–water partition coefficient (Wildman–Crippen LogP) is 3.52. The van der Waals surface area contributed by atoms with E-state index >= 15 is 4.39 Å². The standard InChI is InChI=1S/C22H19FN6O/c1-15-10-16(12-28-22(15,23)18-4-6-24-7-5-18)11-21(30)29-20-3-2-17(13-27-20)19-14-25-8-9-26-19/h2-10,12-14,28H,11H2,1H3,(H,27,29,30). The fourth-order valence-electron chi connectivity index (χ4n) is 3.16. The Morgan fingerprint density at radius 3 is 2.57 bits per heavy atom. The number of dihydropyridines is 1. The molecule has 4 heterocycles. The molecule has 0 aliphatic carbocycles. The van der Waals surface area contributed by atoms with E-state index in [9.17, 15) is 4.79 Å². The molecular weight excluding hydrogens is 383 g/mol. The van der Waals surface area contributed by atoms with E-state index < -0.39 is 5.79 Å². The van der Waals surface area contributed by atoms with E-state index in [2.05, 4.69) is 30.6 Å². The van der Waals surface area contributed by atoms with Crippen LogP contribution >= 0.6 is 0 Å². The van der Waals surface area contributed by atoms with Crippen LogP contribution in [0.15, 0.2) is 84.9 Å². The quantitative estimate of drug-likeness (QED) is 0.635. The predicted molar refractivity (Wildman–Crippen MR) is 111 cm³/mol. The summed E-state index contributed by atoms with van der Waals surface area (Å²) in [7, 11) is 0. The average molecular weight is 402 g/mol. The van der Waals surface area contributed by atoms with Crippen LogP contribution in [0.2, 0.25) is 0 Å². The van der Waals surface area contributed by atoms with Crippen LogP contribution in [-0.4, -0.2) is 25.8 Å². The molecule has 2 N–H and O–H groups in total. The summed E-state index contributed by atoms with van der Waals surface area (Å²) in [6.07, 6.45) is 12.8. The van der Waals surface area contributed by atoms with Crippen molar-refractivity contribution in [2.24, 2.45) is 0 Å². The highest BCUT2D eigenvalue weighted by molar-refractivity contribution is 5.92. The summed E-state index contributed by atoms with van der Waals surface area (Å²) in [5.41, 5.74) is 3.09. The lowest BCUT2D eigenvalue weighted by atomic mass is 9.93. The van der Waals surface area contributed by atoms with E-state index in [1.54, 1.807) is 68.4 Å². The Morgan fingerprint density at radius 1 is 1.07 bits per heavy atom. The van der Waals surface area contributed by atoms with Crippen LogP contribution in [0.3, 0.4) is 0 Å². The van der Waals surface area contributed by atoms with Gasteiger partial charge in [0.05, 0.1) is 18.3 Å². The third kappa shape index (κ3) is 4.07. The molecule has 0 fully saturated rings. The maximum absolute atomic E-state index is 15.4. The third-order valence-corrected chi connectivity index (χ3v) is 4.73. The Bertz CT molecular complexity index is 1100. The zero-order valence-corrected chi connectivity index (χ0v) is 16.2. The Balaban J connectivity index is 1.39. The van der Waals surface area contributed by atoms with Gasteiger partial charge < -0.3 is 10.6 Å². The lowest BCUT2D eigenvalue weighted by Gasteiger charge is -2.31. The van der Waals surface area contributed by atoms with Crippen LogP contribution in [0.5, 0.6) is 0 Å². The summed E-state index contributed by atoms with van der Waals surface area (Å²) in [4.78, 5) is 28.8. The number of nitrogens with zero attached hydrogens (tertiary/aromatic N) is 4. The molecule has 1 amide bonds. The number of pyridine rings is 2. The number of nitrogens with one attached hydrogen (secondary N) is 2. The van der Waals surface area contributed by atoms with Gasteiger partial charge in [0.2, 0.25) is 11.7 Å². The fourth-order valence-corrected chi connectivity index (χ4v) is 3.16. The Kier molecular flexibility index (Phi) is 5.30. The molecule has 1 aliphatic rings. The summed E-state index contributed by atoms with van der Waals surface area (Å²) in [6, 6.07) is 6.75. The molecule has 4 rings (SSSR count). The number of allylic oxidation sites excluding steroid dienone is 1. The molecule has 1 unspecified atom stereocenters. The van der Waals surface area contributed by atoms with Gasteiger partial charge in [-0.25, -0.2) is 9.37 Å². The second-order valence-electron chi connectivity index (χ2n) is 6.83. The number of halogens is 1. The van der Waals surface area contributed by atoms with Gasteiger partial charge in [0, 0.05) is 48.3 Å². The normalized spacial score (nSPS) is 18.1. The monoisotopic (exact) mass is 402 g/mol. The van der Waals surface area contributed by atoms with Crippen LogP contribution in [0.4, 0.5) is 10.2 Å². The lowest BCUT2D eigenvalue weighted by Crippen LogP contribution is -2.38. The number of amides is 1. The number of rotatable bonds is 5. The molecule has 7 nitrogen and oxygen atoms in total. The van der Waals surface area contributed by atoms with E-state index in [0.29, 0.717) is 28.2 Å². The lowest BCUT2D eigenvalue weighted by molar-refractivity contribution is -0.115. The maximum atomic E-state index is 15.4. The first-order valence-electron chi connectivity index (χ1n) is 9.32. The maximum Gasteiger partial charge on any atom is 0.230 e. The third-order valence-electron chi connectivity index (χ3n) is 4.73. The second kappa shape index (κ2) is 8.20. The highest BCUT2D eigenvalue weighted by atomic mass is 19.1. The molecule has 0 bridgehead atoms. The van der Waals surface area contributed by atoms with Crippen molar-refractivity contribution in [2.75, 3.05) is 5.32 Å². The van der Waals surface area contributed by atoms with Gasteiger partial charge in [-0.1, -0.05) is 6.08 Å². The van der Waals surface area contributed by atoms with Gasteiger partial charge >= 0.3 is 0 Å². The van der Waals surface area contributed by atoms with Gasteiger partial charge in [-0.2, -0.15) is 0 Å². The summed E-state index contributed by atoms with van der Waals surface area (Å²) in [5, 5.41) is 5.52. The van der Waals surface area contributed by atoms with Gasteiger partial charge in [0.25, 0.3) is 0 Å². The molecule has 30 heavy (non-hydrogen) atoms. The van der Waals surface area contributed by atoms with Gasteiger partial charge in [-0.05, 0) is 42.3 Å². The largest absolute Gasteiger partial charge is 0.352 e. The van der Waals surface area contributed by atoms with Crippen molar-refractivity contribution in [1.29, 1.82) is 0 Å². The zero-order valence-electron chi connectivity index (χ0n) is 16.2. The van der Waals surface area contributed by atoms with Gasteiger partial charge in [-0.3, -0.25) is 19.7 Å². The first-order valence-corrected chi connectivity index (χ1v) is 9.32. The van der Waals surface area contributed by atoms with Crippen molar-refractivity contribution in [2.45, 2.75) is 19.1 Å². The molecule has 1 aliphatic heterocycles. The minimum atomic E-state index is -1.82. The number of hydrogen-bond donors (Lipinski definition) is 2. The van der Waals surface area contributed by atoms with Crippen molar-refractivity contribution >= 4 is 11.7 Å². The zero-order chi connectivity index (χ0) is 21.0. The Morgan fingerprint density at radius 2 is 1.90 bits per heavy atom. The molecule has 0 saturated carbocycles. The molecular formula is C22H19FN6O. The second-order valence-corrected chi connectivity index (χ2v) is 6.83. The number of carbonyl (C=O) groups excluding carboxylic acids is 1. The number of alkyl halides is 1. The topological polar surface area (TPSA) is 92.7 Å². The van der Waals surface area contributed by atoms with E-state index in [1.807, 2.05) is 6.07 Å². The smallest absolute Gasteiger partial charge is 0.230 e. The molecule has 8 heteroatoms. The van der Waals surface area contributed by atoms with E-state index in [4.69, 9.17) is 0 Å². The number of carbonyl (C=O) groups is 1. The summed E-state index contributed by atoms with van der Waals surface area (Å²) < 4.78 is 15.4. The first kappa shape index (κ1) is 19.4. The van der Waals surface area contributed by atoms with Gasteiger partial charge in [0.1, 0.15) is 5.82 Å². The van der Waals surface area contributed by atoms with Gasteiger partial charge in [0.15, 0.2) is 0 Å². The SMILES string of the molecule is CC1=CC(CC(=O)Nc2ccc(-c3cnccn3)cn2)=CNC1(F)c1ccncc1. The van der Waals surface area contributed by atoms with E-state index in [0.717, 1.165) is 5.56 Å². The molecule has 1 atom stereocenters. The van der Waals surface area contributed by atoms with E-state index in [-0.39, 0.29) is 12.3 Å². The molecule has 0 aromatic carbocycles. The minimum Gasteiger partial charge on any atom is -0.352 e. The van der Waals surface area contributed by atoms with Crippen LogP contribution in [-0.2, 0) is 10.6 Å². The highest BCUT2D eigenvalue weighted by Gasteiger charge is 2.35. The highest BCUT2D eigenvalue weighted by Crippen LogP contribution is 2.34. The van der Waals surface area contributed by atoms with Gasteiger partial charge in [-0.15, -0.1) is 0 Å². The molecule has 0 saturated heterocycles. The number of hydrogen-bond acceptors (Lipinski definition) is 6. The van der Waals surface area contributed by atoms with Crippen molar-refractivity contribution in [3.63, 3.8) is 0 Å².